The Hall–Kier alpha value is -1.30. The summed E-state index contributed by atoms with van der Waals surface area (Å²) in [6, 6.07) is -0.190. The van der Waals surface area contributed by atoms with Gasteiger partial charge in [0.2, 0.25) is 0 Å². The molecule has 1 rings (SSSR count). The summed E-state index contributed by atoms with van der Waals surface area (Å²) in [6.45, 7) is 4.72. The molecule has 0 aromatic carbocycles. The number of likely N-dealkylation sites (tertiary alicyclic amines) is 1. The number of carboxylic acids is 1. The van der Waals surface area contributed by atoms with Crippen LogP contribution in [0.3, 0.4) is 0 Å². The van der Waals surface area contributed by atoms with E-state index in [9.17, 15) is 9.59 Å². The number of ether oxygens (including phenoxy) is 1. The van der Waals surface area contributed by atoms with Gasteiger partial charge in [0.05, 0.1) is 12.5 Å². The number of hydrogen-bond donors (Lipinski definition) is 2. The third-order valence-electron chi connectivity index (χ3n) is 3.22. The van der Waals surface area contributed by atoms with E-state index in [-0.39, 0.29) is 6.03 Å². The summed E-state index contributed by atoms with van der Waals surface area (Å²) in [5.41, 5.74) is 0. The van der Waals surface area contributed by atoms with E-state index in [1.165, 1.54) is 0 Å². The first-order valence-corrected chi connectivity index (χ1v) is 6.98. The first-order valence-electron chi connectivity index (χ1n) is 6.98. The normalized spacial score (nSPS) is 19.2. The fourth-order valence-electron chi connectivity index (χ4n) is 2.05. The van der Waals surface area contributed by atoms with Crippen molar-refractivity contribution in [3.63, 3.8) is 0 Å². The number of aliphatic carboxylic acids is 1. The summed E-state index contributed by atoms with van der Waals surface area (Å²) in [5.74, 6) is -1.25. The van der Waals surface area contributed by atoms with Gasteiger partial charge in [-0.05, 0) is 19.3 Å². The first kappa shape index (κ1) is 15.8. The van der Waals surface area contributed by atoms with E-state index in [1.807, 2.05) is 0 Å². The molecule has 0 aromatic heterocycles. The molecule has 0 radical (unpaired) electrons. The van der Waals surface area contributed by atoms with Crippen LogP contribution in [0.15, 0.2) is 0 Å². The average Bonchev–Trinajstić information content (AvgIpc) is 2.42. The van der Waals surface area contributed by atoms with Gasteiger partial charge >= 0.3 is 12.0 Å². The molecule has 6 nitrogen and oxygen atoms in total. The quantitative estimate of drug-likeness (QED) is 0.685. The van der Waals surface area contributed by atoms with Gasteiger partial charge in [-0.1, -0.05) is 13.3 Å². The first-order chi connectivity index (χ1) is 9.15. The Morgan fingerprint density at radius 1 is 1.42 bits per heavy atom. The van der Waals surface area contributed by atoms with Gasteiger partial charge in [0.15, 0.2) is 0 Å². The molecule has 1 heterocycles. The molecule has 1 aliphatic rings. The van der Waals surface area contributed by atoms with Gasteiger partial charge in [-0.3, -0.25) is 4.79 Å². The van der Waals surface area contributed by atoms with E-state index in [0.717, 1.165) is 25.9 Å². The molecule has 0 saturated carbocycles. The van der Waals surface area contributed by atoms with Crippen LogP contribution in [-0.2, 0) is 9.53 Å². The second-order valence-corrected chi connectivity index (χ2v) is 4.82. The molecule has 0 bridgehead atoms. The molecular weight excluding hydrogens is 248 g/mol. The van der Waals surface area contributed by atoms with Crippen molar-refractivity contribution in [1.82, 2.24) is 10.2 Å². The van der Waals surface area contributed by atoms with Crippen molar-refractivity contribution in [2.24, 2.45) is 5.92 Å². The molecule has 1 aliphatic heterocycles. The number of amides is 2. The maximum atomic E-state index is 11.8. The van der Waals surface area contributed by atoms with Crippen LogP contribution in [0, 0.1) is 5.92 Å². The van der Waals surface area contributed by atoms with Crippen molar-refractivity contribution in [1.29, 1.82) is 0 Å². The fourth-order valence-corrected chi connectivity index (χ4v) is 2.05. The number of carboxylic acid groups (broad SMARTS) is 1. The highest BCUT2D eigenvalue weighted by atomic mass is 16.5. The zero-order valence-electron chi connectivity index (χ0n) is 11.6. The number of urea groups is 1. The van der Waals surface area contributed by atoms with E-state index in [2.05, 4.69) is 12.2 Å². The molecule has 0 unspecified atom stereocenters. The SMILES string of the molecule is CCCCOCCNC(=O)N1CCC[C@@H](C(=O)O)C1. The standard InChI is InChI=1S/C13H24N2O4/c1-2-3-8-19-9-6-14-13(18)15-7-4-5-11(10-15)12(16)17/h11H,2-10H2,1H3,(H,14,18)(H,16,17)/t11-/m1/s1. The zero-order valence-corrected chi connectivity index (χ0v) is 11.6. The Morgan fingerprint density at radius 3 is 2.89 bits per heavy atom. The number of nitrogens with zero attached hydrogens (tertiary/aromatic N) is 1. The molecule has 6 heteroatoms. The largest absolute Gasteiger partial charge is 0.481 e. The Kier molecular flexibility index (Phi) is 7.25. The van der Waals surface area contributed by atoms with Crippen LogP contribution in [-0.4, -0.2) is 54.9 Å². The van der Waals surface area contributed by atoms with Crippen molar-refractivity contribution in [2.75, 3.05) is 32.8 Å². The molecule has 0 aromatic rings. The highest BCUT2D eigenvalue weighted by molar-refractivity contribution is 5.76. The van der Waals surface area contributed by atoms with Crippen molar-refractivity contribution < 1.29 is 19.4 Å². The van der Waals surface area contributed by atoms with Crippen molar-refractivity contribution in [2.45, 2.75) is 32.6 Å². The van der Waals surface area contributed by atoms with E-state index in [1.54, 1.807) is 4.90 Å². The zero-order chi connectivity index (χ0) is 14.1. The molecule has 0 aliphatic carbocycles. The van der Waals surface area contributed by atoms with Crippen LogP contribution in [0.25, 0.3) is 0 Å². The molecule has 110 valence electrons. The molecule has 1 fully saturated rings. The lowest BCUT2D eigenvalue weighted by Crippen LogP contribution is -2.47. The lowest BCUT2D eigenvalue weighted by atomic mass is 9.99. The van der Waals surface area contributed by atoms with Crippen molar-refractivity contribution >= 4 is 12.0 Å². The van der Waals surface area contributed by atoms with Crippen LogP contribution in [0.4, 0.5) is 4.79 Å². The number of carbonyl (C=O) groups excluding carboxylic acids is 1. The molecule has 2 amide bonds. The number of nitrogens with one attached hydrogen (secondary N) is 1. The fraction of sp³-hybridized carbons (Fsp3) is 0.846. The smallest absolute Gasteiger partial charge is 0.317 e. The third-order valence-corrected chi connectivity index (χ3v) is 3.22. The van der Waals surface area contributed by atoms with Crippen LogP contribution in [0.5, 0.6) is 0 Å². The monoisotopic (exact) mass is 272 g/mol. The maximum Gasteiger partial charge on any atom is 0.317 e. The predicted octanol–water partition coefficient (Wildman–Crippen LogP) is 1.31. The van der Waals surface area contributed by atoms with E-state index in [0.29, 0.717) is 32.7 Å². The summed E-state index contributed by atoms with van der Waals surface area (Å²) in [7, 11) is 0. The average molecular weight is 272 g/mol. The van der Waals surface area contributed by atoms with E-state index >= 15 is 0 Å². The summed E-state index contributed by atoms with van der Waals surface area (Å²) in [4.78, 5) is 24.3. The van der Waals surface area contributed by atoms with Crippen molar-refractivity contribution in [3.8, 4) is 0 Å². The molecular formula is C13H24N2O4. The lowest BCUT2D eigenvalue weighted by molar-refractivity contribution is -0.143. The maximum absolute atomic E-state index is 11.8. The number of hydrogen-bond acceptors (Lipinski definition) is 3. The Bertz CT molecular complexity index is 296. The van der Waals surface area contributed by atoms with Gasteiger partial charge in [0, 0.05) is 26.2 Å². The summed E-state index contributed by atoms with van der Waals surface area (Å²) < 4.78 is 5.34. The number of unbranched alkanes of at least 4 members (excludes halogenated alkanes) is 1. The topological polar surface area (TPSA) is 78.9 Å². The number of piperidine rings is 1. The second kappa shape index (κ2) is 8.74. The Labute approximate surface area is 114 Å². The highest BCUT2D eigenvalue weighted by Crippen LogP contribution is 2.16. The van der Waals surface area contributed by atoms with Crippen LogP contribution < -0.4 is 5.32 Å². The lowest BCUT2D eigenvalue weighted by Gasteiger charge is -2.30. The van der Waals surface area contributed by atoms with Gasteiger partial charge < -0.3 is 20.1 Å². The summed E-state index contributed by atoms with van der Waals surface area (Å²) in [6.07, 6.45) is 3.52. The third kappa shape index (κ3) is 5.92. The highest BCUT2D eigenvalue weighted by Gasteiger charge is 2.27. The number of carbonyl (C=O) groups is 2. The van der Waals surface area contributed by atoms with Gasteiger partial charge in [0.25, 0.3) is 0 Å². The minimum absolute atomic E-state index is 0.190. The van der Waals surface area contributed by atoms with Crippen molar-refractivity contribution in [3.05, 3.63) is 0 Å². The predicted molar refractivity (Wildman–Crippen MR) is 71.1 cm³/mol. The van der Waals surface area contributed by atoms with Crippen LogP contribution in [0.1, 0.15) is 32.6 Å². The molecule has 2 N–H and O–H groups in total. The van der Waals surface area contributed by atoms with Gasteiger partial charge in [-0.15, -0.1) is 0 Å². The number of rotatable bonds is 7. The molecule has 0 spiro atoms. The van der Waals surface area contributed by atoms with Gasteiger partial charge in [0.1, 0.15) is 0 Å². The van der Waals surface area contributed by atoms with Gasteiger partial charge in [-0.2, -0.15) is 0 Å². The molecule has 19 heavy (non-hydrogen) atoms. The Balaban J connectivity index is 2.16. The second-order valence-electron chi connectivity index (χ2n) is 4.82. The summed E-state index contributed by atoms with van der Waals surface area (Å²) >= 11 is 0. The van der Waals surface area contributed by atoms with E-state index < -0.39 is 11.9 Å². The summed E-state index contributed by atoms with van der Waals surface area (Å²) in [5, 5.41) is 11.7. The van der Waals surface area contributed by atoms with Gasteiger partial charge in [-0.25, -0.2) is 4.79 Å². The van der Waals surface area contributed by atoms with Crippen LogP contribution >= 0.6 is 0 Å². The van der Waals surface area contributed by atoms with Crippen LogP contribution in [0.2, 0.25) is 0 Å². The Morgan fingerprint density at radius 2 is 2.21 bits per heavy atom. The minimum atomic E-state index is -0.819. The molecule has 1 atom stereocenters. The minimum Gasteiger partial charge on any atom is -0.481 e. The molecule has 1 saturated heterocycles. The van der Waals surface area contributed by atoms with E-state index in [4.69, 9.17) is 9.84 Å².